The molecule has 0 aliphatic carbocycles. The van der Waals surface area contributed by atoms with E-state index in [1.54, 1.807) is 42.7 Å². The molecule has 160 valence electrons. The Morgan fingerprint density at radius 1 is 1.06 bits per heavy atom. The van der Waals surface area contributed by atoms with Crippen molar-refractivity contribution in [2.24, 2.45) is 0 Å². The van der Waals surface area contributed by atoms with E-state index in [2.05, 4.69) is 45.9 Å². The molecule has 31 heavy (non-hydrogen) atoms. The van der Waals surface area contributed by atoms with Crippen LogP contribution in [0.4, 0.5) is 5.69 Å². The van der Waals surface area contributed by atoms with Crippen LogP contribution in [0.2, 0.25) is 0 Å². The molecule has 1 aromatic heterocycles. The first-order valence-corrected chi connectivity index (χ1v) is 11.1. The van der Waals surface area contributed by atoms with E-state index < -0.39 is 11.8 Å². The lowest BCUT2D eigenvalue weighted by Crippen LogP contribution is -2.43. The summed E-state index contributed by atoms with van der Waals surface area (Å²) in [6.07, 6.45) is 0.975. The molecule has 1 atom stereocenters. The van der Waals surface area contributed by atoms with E-state index in [4.69, 9.17) is 4.74 Å². The van der Waals surface area contributed by atoms with Gasteiger partial charge in [-0.25, -0.2) is 0 Å². The summed E-state index contributed by atoms with van der Waals surface area (Å²) in [6.45, 7) is 2.10. The smallest absolute Gasteiger partial charge is 0.313 e. The molecule has 0 bridgehead atoms. The number of hydrogen-bond acceptors (Lipinski definition) is 5. The average molecular weight is 436 g/mol. The van der Waals surface area contributed by atoms with Crippen molar-refractivity contribution < 1.29 is 14.3 Å². The van der Waals surface area contributed by atoms with E-state index in [1.165, 1.54) is 16.0 Å². The number of nitrogens with one attached hydrogen (secondary N) is 2. The number of methoxy groups -OCH3 is 1. The maximum absolute atomic E-state index is 12.5. The highest BCUT2D eigenvalue weighted by Gasteiger charge is 2.26. The summed E-state index contributed by atoms with van der Waals surface area (Å²) in [4.78, 5) is 28.4. The molecule has 2 N–H and O–H groups in total. The third-order valence-electron chi connectivity index (χ3n) is 5.46. The standard InChI is InChI=1S/C24H25N3O3S/c1-30-20-9-4-8-19(14-20)26-24(29)23(28)25-15-21(22-10-5-13-31-22)27-12-11-17-6-2-3-7-18(17)16-27/h2-10,13-14,21H,11-12,15-16H2,1H3,(H,25,28)(H,26,29). The molecular weight excluding hydrogens is 410 g/mol. The maximum atomic E-state index is 12.5. The largest absolute Gasteiger partial charge is 0.497 e. The van der Waals surface area contributed by atoms with Gasteiger partial charge in [0.15, 0.2) is 0 Å². The minimum Gasteiger partial charge on any atom is -0.497 e. The molecule has 0 radical (unpaired) electrons. The van der Waals surface area contributed by atoms with Gasteiger partial charge in [0.25, 0.3) is 0 Å². The molecule has 2 aromatic carbocycles. The Morgan fingerprint density at radius 3 is 2.68 bits per heavy atom. The molecule has 0 saturated heterocycles. The number of rotatable bonds is 6. The van der Waals surface area contributed by atoms with Crippen LogP contribution in [-0.2, 0) is 22.6 Å². The number of thiophene rings is 1. The number of ether oxygens (including phenoxy) is 1. The molecule has 7 heteroatoms. The normalized spacial score (nSPS) is 14.4. The van der Waals surface area contributed by atoms with E-state index in [-0.39, 0.29) is 6.04 Å². The van der Waals surface area contributed by atoms with Crippen LogP contribution in [0, 0.1) is 0 Å². The summed E-state index contributed by atoms with van der Waals surface area (Å²) in [5.41, 5.74) is 3.21. The van der Waals surface area contributed by atoms with Crippen molar-refractivity contribution in [3.63, 3.8) is 0 Å². The molecule has 1 aliphatic heterocycles. The van der Waals surface area contributed by atoms with Crippen LogP contribution in [0.3, 0.4) is 0 Å². The van der Waals surface area contributed by atoms with Crippen LogP contribution in [0.1, 0.15) is 22.0 Å². The zero-order valence-electron chi connectivity index (χ0n) is 17.3. The predicted molar refractivity (Wildman–Crippen MR) is 122 cm³/mol. The van der Waals surface area contributed by atoms with Crippen molar-refractivity contribution in [1.82, 2.24) is 10.2 Å². The summed E-state index contributed by atoms with van der Waals surface area (Å²) in [7, 11) is 1.55. The zero-order chi connectivity index (χ0) is 21.6. The van der Waals surface area contributed by atoms with Crippen LogP contribution in [0.15, 0.2) is 66.0 Å². The fraction of sp³-hybridized carbons (Fsp3) is 0.250. The van der Waals surface area contributed by atoms with E-state index in [1.807, 2.05) is 11.4 Å². The third kappa shape index (κ3) is 5.13. The van der Waals surface area contributed by atoms with Crippen molar-refractivity contribution in [2.45, 2.75) is 19.0 Å². The monoisotopic (exact) mass is 435 g/mol. The highest BCUT2D eigenvalue weighted by Crippen LogP contribution is 2.30. The SMILES string of the molecule is COc1cccc(NC(=O)C(=O)NCC(c2cccs2)N2CCc3ccccc3C2)c1. The number of carbonyl (C=O) groups excluding carboxylic acids is 2. The number of anilines is 1. The molecule has 4 rings (SSSR count). The Bertz CT molecular complexity index is 1050. The summed E-state index contributed by atoms with van der Waals surface area (Å²) in [5, 5.41) is 7.49. The van der Waals surface area contributed by atoms with Crippen molar-refractivity contribution >= 4 is 28.8 Å². The molecule has 3 aromatic rings. The van der Waals surface area contributed by atoms with Gasteiger partial charge in [0.2, 0.25) is 0 Å². The van der Waals surface area contributed by atoms with Crippen LogP contribution in [0.25, 0.3) is 0 Å². The molecule has 6 nitrogen and oxygen atoms in total. The Morgan fingerprint density at radius 2 is 1.90 bits per heavy atom. The van der Waals surface area contributed by atoms with Gasteiger partial charge in [0.05, 0.1) is 13.2 Å². The number of fused-ring (bicyclic) bond motifs is 1. The fourth-order valence-electron chi connectivity index (χ4n) is 3.83. The Kier molecular flexibility index (Phi) is 6.64. The second-order valence-corrected chi connectivity index (χ2v) is 8.40. The number of hydrogen-bond donors (Lipinski definition) is 2. The molecule has 0 fully saturated rings. The molecule has 0 spiro atoms. The highest BCUT2D eigenvalue weighted by atomic mass is 32.1. The lowest BCUT2D eigenvalue weighted by molar-refractivity contribution is -0.136. The molecule has 0 saturated carbocycles. The average Bonchev–Trinajstić information content (AvgIpc) is 3.33. The number of carbonyl (C=O) groups is 2. The van der Waals surface area contributed by atoms with Gasteiger partial charge >= 0.3 is 11.8 Å². The summed E-state index contributed by atoms with van der Waals surface area (Å²) >= 11 is 1.67. The number of benzene rings is 2. The predicted octanol–water partition coefficient (Wildman–Crippen LogP) is 3.61. The first-order valence-electron chi connectivity index (χ1n) is 10.2. The van der Waals surface area contributed by atoms with Gasteiger partial charge in [-0.15, -0.1) is 11.3 Å². The first-order chi connectivity index (χ1) is 15.1. The Balaban J connectivity index is 1.41. The maximum Gasteiger partial charge on any atom is 0.313 e. The molecular formula is C24H25N3O3S. The van der Waals surface area contributed by atoms with E-state index in [0.29, 0.717) is 18.0 Å². The molecule has 1 aliphatic rings. The number of amides is 2. The van der Waals surface area contributed by atoms with E-state index >= 15 is 0 Å². The lowest BCUT2D eigenvalue weighted by Gasteiger charge is -2.35. The molecule has 1 unspecified atom stereocenters. The van der Waals surface area contributed by atoms with Gasteiger partial charge in [-0.1, -0.05) is 36.4 Å². The fourth-order valence-corrected chi connectivity index (χ4v) is 4.69. The Labute approximate surface area is 185 Å². The summed E-state index contributed by atoms with van der Waals surface area (Å²) < 4.78 is 5.15. The van der Waals surface area contributed by atoms with Gasteiger partial charge in [-0.3, -0.25) is 14.5 Å². The van der Waals surface area contributed by atoms with Crippen molar-refractivity contribution in [3.8, 4) is 5.75 Å². The second kappa shape index (κ2) is 9.76. The van der Waals surface area contributed by atoms with Gasteiger partial charge in [0, 0.05) is 36.3 Å². The van der Waals surface area contributed by atoms with Crippen molar-refractivity contribution in [3.05, 3.63) is 82.0 Å². The first kappa shape index (κ1) is 21.1. The topological polar surface area (TPSA) is 70.7 Å². The highest BCUT2D eigenvalue weighted by molar-refractivity contribution is 7.10. The third-order valence-corrected chi connectivity index (χ3v) is 6.44. The molecule has 2 heterocycles. The second-order valence-electron chi connectivity index (χ2n) is 7.42. The van der Waals surface area contributed by atoms with Gasteiger partial charge < -0.3 is 15.4 Å². The molecule has 2 amide bonds. The van der Waals surface area contributed by atoms with E-state index in [9.17, 15) is 9.59 Å². The van der Waals surface area contributed by atoms with Crippen LogP contribution in [0.5, 0.6) is 5.75 Å². The van der Waals surface area contributed by atoms with E-state index in [0.717, 1.165) is 19.5 Å². The van der Waals surface area contributed by atoms with Gasteiger partial charge in [0.1, 0.15) is 5.75 Å². The van der Waals surface area contributed by atoms with Crippen molar-refractivity contribution in [2.75, 3.05) is 25.5 Å². The summed E-state index contributed by atoms with van der Waals surface area (Å²) in [6, 6.07) is 19.5. The minimum atomic E-state index is -0.692. The minimum absolute atomic E-state index is 0.0157. The Hall–Kier alpha value is -3.16. The zero-order valence-corrected chi connectivity index (χ0v) is 18.2. The van der Waals surface area contributed by atoms with Crippen LogP contribution < -0.4 is 15.4 Å². The number of nitrogens with zero attached hydrogens (tertiary/aromatic N) is 1. The van der Waals surface area contributed by atoms with Crippen LogP contribution >= 0.6 is 11.3 Å². The van der Waals surface area contributed by atoms with Gasteiger partial charge in [-0.05, 0) is 41.1 Å². The van der Waals surface area contributed by atoms with Crippen molar-refractivity contribution in [1.29, 1.82) is 0 Å². The lowest BCUT2D eigenvalue weighted by atomic mass is 9.98. The van der Waals surface area contributed by atoms with Gasteiger partial charge in [-0.2, -0.15) is 0 Å². The quantitative estimate of drug-likeness (QED) is 0.581. The van der Waals surface area contributed by atoms with Crippen LogP contribution in [-0.4, -0.2) is 36.9 Å². The summed E-state index contributed by atoms with van der Waals surface area (Å²) in [5.74, 6) is -0.731.